The highest BCUT2D eigenvalue weighted by molar-refractivity contribution is 5.86. The number of hydrogen-bond acceptors (Lipinski definition) is 5. The van der Waals surface area contributed by atoms with Crippen LogP contribution in [0.1, 0.15) is 13.3 Å². The topological polar surface area (TPSA) is 119 Å². The van der Waals surface area contributed by atoms with Crippen LogP contribution >= 0.6 is 0 Å². The van der Waals surface area contributed by atoms with E-state index in [0.717, 1.165) is 0 Å². The fraction of sp³-hybridized carbons (Fsp3) is 0.778. The molecule has 94 valence electrons. The Bertz CT molecular complexity index is 235. The number of carboxylic acid groups (broad SMARTS) is 1. The summed E-state index contributed by atoms with van der Waals surface area (Å²) in [5.41, 5.74) is 0. The van der Waals surface area contributed by atoms with Crippen molar-refractivity contribution in [2.45, 2.75) is 13.3 Å². The number of nitrogens with two attached hydrogens (primary N) is 2. The highest BCUT2D eigenvalue weighted by Crippen LogP contribution is 2.17. The second kappa shape index (κ2) is 8.03. The van der Waals surface area contributed by atoms with Crippen molar-refractivity contribution in [1.82, 2.24) is 4.90 Å². The molecule has 0 spiro atoms. The number of carbonyl (C=O) groups excluding carboxylic acids is 1. The molecule has 0 radical (unpaired) electrons. The summed E-state index contributed by atoms with van der Waals surface area (Å²) in [5.74, 6) is 6.48. The largest absolute Gasteiger partial charge is 0.481 e. The number of nitrogens with zero attached hydrogens (tertiary/aromatic N) is 1. The van der Waals surface area contributed by atoms with Gasteiger partial charge in [-0.25, -0.2) is 0 Å². The standard InChI is InChI=1S/C9H15NO4.H4N2/c1-2-14-4-3-10-6-7(9(12)13)5-8(10)11;1-2/h7H,2-6H2,1H3,(H,12,13);1-2H2. The Hall–Kier alpha value is -1.18. The van der Waals surface area contributed by atoms with Crippen molar-refractivity contribution in [3.63, 3.8) is 0 Å². The van der Waals surface area contributed by atoms with Crippen molar-refractivity contribution >= 4 is 11.9 Å². The molecule has 0 bridgehead atoms. The van der Waals surface area contributed by atoms with Crippen LogP contribution in [-0.2, 0) is 14.3 Å². The molecular formula is C9H19N3O4. The SMILES string of the molecule is CCOCCN1CC(C(=O)O)CC1=O.NN. The molecule has 7 nitrogen and oxygen atoms in total. The van der Waals surface area contributed by atoms with Gasteiger partial charge >= 0.3 is 5.97 Å². The molecule has 0 aromatic carbocycles. The molecule has 16 heavy (non-hydrogen) atoms. The van der Waals surface area contributed by atoms with Crippen molar-refractivity contribution in [3.8, 4) is 0 Å². The molecule has 1 heterocycles. The zero-order valence-electron chi connectivity index (χ0n) is 9.39. The third kappa shape index (κ3) is 4.56. The van der Waals surface area contributed by atoms with Gasteiger partial charge in [-0.05, 0) is 6.92 Å². The number of rotatable bonds is 5. The Balaban J connectivity index is 0.00000106. The molecule has 1 amide bonds. The van der Waals surface area contributed by atoms with Gasteiger partial charge in [0.15, 0.2) is 0 Å². The van der Waals surface area contributed by atoms with Gasteiger partial charge in [-0.15, -0.1) is 0 Å². The van der Waals surface area contributed by atoms with E-state index >= 15 is 0 Å². The summed E-state index contributed by atoms with van der Waals surface area (Å²) in [6.45, 7) is 3.79. The van der Waals surface area contributed by atoms with Crippen molar-refractivity contribution in [3.05, 3.63) is 0 Å². The maximum Gasteiger partial charge on any atom is 0.308 e. The molecule has 0 aromatic heterocycles. The quantitative estimate of drug-likeness (QED) is 0.311. The van der Waals surface area contributed by atoms with E-state index in [9.17, 15) is 9.59 Å². The number of hydrazine groups is 1. The fourth-order valence-electron chi connectivity index (χ4n) is 1.47. The van der Waals surface area contributed by atoms with E-state index in [1.54, 1.807) is 4.90 Å². The Morgan fingerprint density at radius 3 is 2.69 bits per heavy atom. The number of amides is 1. The number of ether oxygens (including phenoxy) is 1. The zero-order valence-corrected chi connectivity index (χ0v) is 9.39. The molecule has 1 unspecified atom stereocenters. The number of hydrogen-bond donors (Lipinski definition) is 3. The molecule has 1 atom stereocenters. The van der Waals surface area contributed by atoms with E-state index in [4.69, 9.17) is 9.84 Å². The molecular weight excluding hydrogens is 214 g/mol. The minimum atomic E-state index is -0.891. The van der Waals surface area contributed by atoms with Gasteiger partial charge in [0.05, 0.1) is 12.5 Å². The third-order valence-corrected chi connectivity index (χ3v) is 2.27. The van der Waals surface area contributed by atoms with Crippen LogP contribution in [0.25, 0.3) is 0 Å². The number of aliphatic carboxylic acids is 1. The lowest BCUT2D eigenvalue weighted by Gasteiger charge is -2.15. The molecule has 1 rings (SSSR count). The normalized spacial score (nSPS) is 19.3. The maximum atomic E-state index is 11.3. The minimum Gasteiger partial charge on any atom is -0.481 e. The molecule has 1 saturated heterocycles. The van der Waals surface area contributed by atoms with Gasteiger partial charge in [-0.2, -0.15) is 0 Å². The van der Waals surface area contributed by atoms with Gasteiger partial charge < -0.3 is 14.7 Å². The van der Waals surface area contributed by atoms with Gasteiger partial charge in [0.2, 0.25) is 5.91 Å². The first-order valence-corrected chi connectivity index (χ1v) is 5.06. The summed E-state index contributed by atoms with van der Waals surface area (Å²) in [5, 5.41) is 8.71. The minimum absolute atomic E-state index is 0.0860. The van der Waals surface area contributed by atoms with E-state index < -0.39 is 11.9 Å². The van der Waals surface area contributed by atoms with Crippen molar-refractivity contribution in [2.75, 3.05) is 26.3 Å². The Morgan fingerprint density at radius 1 is 1.62 bits per heavy atom. The summed E-state index contributed by atoms with van der Waals surface area (Å²) in [4.78, 5) is 23.5. The monoisotopic (exact) mass is 233 g/mol. The average Bonchev–Trinajstić information content (AvgIpc) is 2.64. The summed E-state index contributed by atoms with van der Waals surface area (Å²) in [6, 6.07) is 0. The van der Waals surface area contributed by atoms with E-state index in [0.29, 0.717) is 26.3 Å². The summed E-state index contributed by atoms with van der Waals surface area (Å²) >= 11 is 0. The predicted molar refractivity (Wildman–Crippen MR) is 57.2 cm³/mol. The lowest BCUT2D eigenvalue weighted by atomic mass is 10.1. The molecule has 0 saturated carbocycles. The van der Waals surface area contributed by atoms with E-state index in [-0.39, 0.29) is 12.3 Å². The lowest BCUT2D eigenvalue weighted by Crippen LogP contribution is -2.29. The van der Waals surface area contributed by atoms with E-state index in [2.05, 4.69) is 11.7 Å². The molecule has 1 aliphatic heterocycles. The molecule has 7 heteroatoms. The van der Waals surface area contributed by atoms with E-state index in [1.807, 2.05) is 6.92 Å². The first-order chi connectivity index (χ1) is 7.65. The first kappa shape index (κ1) is 14.8. The Morgan fingerprint density at radius 2 is 2.25 bits per heavy atom. The van der Waals surface area contributed by atoms with Gasteiger partial charge in [0.1, 0.15) is 0 Å². The van der Waals surface area contributed by atoms with Crippen LogP contribution in [-0.4, -0.2) is 48.2 Å². The van der Waals surface area contributed by atoms with Crippen LogP contribution in [0.15, 0.2) is 0 Å². The second-order valence-corrected chi connectivity index (χ2v) is 3.28. The van der Waals surface area contributed by atoms with Gasteiger partial charge in [0, 0.05) is 26.1 Å². The summed E-state index contributed by atoms with van der Waals surface area (Å²) in [6.07, 6.45) is 0.126. The van der Waals surface area contributed by atoms with Crippen LogP contribution in [0.5, 0.6) is 0 Å². The lowest BCUT2D eigenvalue weighted by molar-refractivity contribution is -0.141. The van der Waals surface area contributed by atoms with Crippen LogP contribution < -0.4 is 11.7 Å². The Kier molecular flexibility index (Phi) is 7.44. The van der Waals surface area contributed by atoms with Crippen molar-refractivity contribution in [2.24, 2.45) is 17.6 Å². The Labute approximate surface area is 94.3 Å². The fourth-order valence-corrected chi connectivity index (χ4v) is 1.47. The number of likely N-dealkylation sites (tertiary alicyclic amines) is 1. The van der Waals surface area contributed by atoms with Gasteiger partial charge in [-0.3, -0.25) is 21.3 Å². The number of carbonyl (C=O) groups is 2. The second-order valence-electron chi connectivity index (χ2n) is 3.28. The smallest absolute Gasteiger partial charge is 0.308 e. The summed E-state index contributed by atoms with van der Waals surface area (Å²) < 4.78 is 5.10. The van der Waals surface area contributed by atoms with Crippen LogP contribution in [0.3, 0.4) is 0 Å². The van der Waals surface area contributed by atoms with Crippen LogP contribution in [0.2, 0.25) is 0 Å². The third-order valence-electron chi connectivity index (χ3n) is 2.27. The molecule has 5 N–H and O–H groups in total. The predicted octanol–water partition coefficient (Wildman–Crippen LogP) is -1.23. The zero-order chi connectivity index (χ0) is 12.6. The molecule has 0 aromatic rings. The van der Waals surface area contributed by atoms with Crippen LogP contribution in [0, 0.1) is 5.92 Å². The first-order valence-electron chi connectivity index (χ1n) is 5.06. The highest BCUT2D eigenvalue weighted by Gasteiger charge is 2.33. The van der Waals surface area contributed by atoms with Gasteiger partial charge in [-0.1, -0.05) is 0 Å². The van der Waals surface area contributed by atoms with Crippen molar-refractivity contribution < 1.29 is 19.4 Å². The molecule has 0 aliphatic carbocycles. The summed E-state index contributed by atoms with van der Waals surface area (Å²) in [7, 11) is 0. The van der Waals surface area contributed by atoms with Crippen molar-refractivity contribution in [1.29, 1.82) is 0 Å². The molecule has 1 fully saturated rings. The highest BCUT2D eigenvalue weighted by atomic mass is 16.5. The number of carboxylic acids is 1. The molecule has 1 aliphatic rings. The maximum absolute atomic E-state index is 11.3. The van der Waals surface area contributed by atoms with Gasteiger partial charge in [0.25, 0.3) is 0 Å². The van der Waals surface area contributed by atoms with E-state index in [1.165, 1.54) is 0 Å². The van der Waals surface area contributed by atoms with Crippen LogP contribution in [0.4, 0.5) is 0 Å². The average molecular weight is 233 g/mol.